The van der Waals surface area contributed by atoms with Gasteiger partial charge in [0, 0.05) is 16.6 Å². The van der Waals surface area contributed by atoms with Gasteiger partial charge in [-0.05, 0) is 30.7 Å². The summed E-state index contributed by atoms with van der Waals surface area (Å²) in [6.45, 7) is 2.34. The predicted molar refractivity (Wildman–Crippen MR) is 107 cm³/mol. The Kier molecular flexibility index (Phi) is 6.33. The fourth-order valence-corrected chi connectivity index (χ4v) is 3.26. The molecule has 0 fully saturated rings. The first-order valence-electron chi connectivity index (χ1n) is 8.72. The average Bonchev–Trinajstić information content (AvgIpc) is 3.15. The Morgan fingerprint density at radius 2 is 1.81 bits per heavy atom. The Morgan fingerprint density at radius 1 is 1.07 bits per heavy atom. The third-order valence-corrected chi connectivity index (χ3v) is 4.70. The van der Waals surface area contributed by atoms with Gasteiger partial charge in [-0.1, -0.05) is 37.3 Å². The van der Waals surface area contributed by atoms with Crippen LogP contribution in [0.25, 0.3) is 10.6 Å². The zero-order valence-electron chi connectivity index (χ0n) is 15.0. The summed E-state index contributed by atoms with van der Waals surface area (Å²) in [7, 11) is 0. The molecule has 138 valence electrons. The van der Waals surface area contributed by atoms with Crippen molar-refractivity contribution in [3.63, 3.8) is 0 Å². The molecule has 27 heavy (non-hydrogen) atoms. The third-order valence-electron chi connectivity index (χ3n) is 3.76. The number of carbonyl (C=O) groups is 2. The molecular weight excluding hydrogens is 360 g/mol. The van der Waals surface area contributed by atoms with Crippen molar-refractivity contribution in [3.8, 4) is 10.6 Å². The molecule has 3 aromatic rings. The number of thiazole rings is 1. The maximum absolute atomic E-state index is 12.2. The summed E-state index contributed by atoms with van der Waals surface area (Å²) < 4.78 is 5.08. The number of anilines is 1. The number of hydrogen-bond donors (Lipinski definition) is 1. The second-order valence-corrected chi connectivity index (χ2v) is 6.81. The van der Waals surface area contributed by atoms with Crippen LogP contribution in [-0.4, -0.2) is 23.5 Å². The van der Waals surface area contributed by atoms with Gasteiger partial charge in [-0.15, -0.1) is 11.3 Å². The molecule has 0 aliphatic heterocycles. The van der Waals surface area contributed by atoms with E-state index in [0.29, 0.717) is 17.9 Å². The standard InChI is InChI=1S/C21H20N2O3S/c1-2-12-26-21(25)16-8-10-17(11-9-16)22-19(24)13-18-14-27-20(23-18)15-6-4-3-5-7-15/h3-11,14H,2,12-13H2,1H3,(H,22,24). The zero-order chi connectivity index (χ0) is 19.1. The second-order valence-electron chi connectivity index (χ2n) is 5.95. The molecule has 0 unspecified atom stereocenters. The Labute approximate surface area is 162 Å². The second kappa shape index (κ2) is 9.09. The van der Waals surface area contributed by atoms with Crippen LogP contribution in [0.4, 0.5) is 5.69 Å². The normalized spacial score (nSPS) is 10.4. The molecule has 6 heteroatoms. The minimum Gasteiger partial charge on any atom is -0.462 e. The monoisotopic (exact) mass is 380 g/mol. The van der Waals surface area contributed by atoms with Gasteiger partial charge in [0.15, 0.2) is 0 Å². The number of nitrogens with one attached hydrogen (secondary N) is 1. The molecule has 0 aliphatic rings. The molecule has 1 heterocycles. The molecule has 2 aromatic carbocycles. The molecule has 3 rings (SSSR count). The van der Waals surface area contributed by atoms with Crippen molar-refractivity contribution < 1.29 is 14.3 Å². The molecule has 5 nitrogen and oxygen atoms in total. The van der Waals surface area contributed by atoms with Crippen molar-refractivity contribution in [2.24, 2.45) is 0 Å². The van der Waals surface area contributed by atoms with Crippen molar-refractivity contribution in [2.75, 3.05) is 11.9 Å². The van der Waals surface area contributed by atoms with E-state index in [1.165, 1.54) is 11.3 Å². The maximum atomic E-state index is 12.2. The number of benzene rings is 2. The highest BCUT2D eigenvalue weighted by atomic mass is 32.1. The van der Waals surface area contributed by atoms with Crippen LogP contribution >= 0.6 is 11.3 Å². The lowest BCUT2D eigenvalue weighted by Gasteiger charge is -2.06. The van der Waals surface area contributed by atoms with Gasteiger partial charge in [0.05, 0.1) is 24.3 Å². The van der Waals surface area contributed by atoms with E-state index in [1.807, 2.05) is 42.6 Å². The van der Waals surface area contributed by atoms with Crippen LogP contribution in [0.15, 0.2) is 60.0 Å². The first-order valence-corrected chi connectivity index (χ1v) is 9.60. The number of aromatic nitrogens is 1. The molecule has 0 bridgehead atoms. The molecule has 1 amide bonds. The molecule has 0 radical (unpaired) electrons. The van der Waals surface area contributed by atoms with Gasteiger partial charge in [-0.25, -0.2) is 9.78 Å². The molecule has 1 aromatic heterocycles. The molecule has 0 atom stereocenters. The minimum absolute atomic E-state index is 0.152. The molecular formula is C21H20N2O3S. The highest BCUT2D eigenvalue weighted by Crippen LogP contribution is 2.23. The summed E-state index contributed by atoms with van der Waals surface area (Å²) in [4.78, 5) is 28.6. The van der Waals surface area contributed by atoms with Crippen molar-refractivity contribution in [1.82, 2.24) is 4.98 Å². The highest BCUT2D eigenvalue weighted by molar-refractivity contribution is 7.13. The minimum atomic E-state index is -0.356. The zero-order valence-corrected chi connectivity index (χ0v) is 15.8. The van der Waals surface area contributed by atoms with Crippen molar-refractivity contribution in [1.29, 1.82) is 0 Å². The fourth-order valence-electron chi connectivity index (χ4n) is 2.44. The highest BCUT2D eigenvalue weighted by Gasteiger charge is 2.10. The predicted octanol–water partition coefficient (Wildman–Crippen LogP) is 4.56. The molecule has 0 saturated heterocycles. The van der Waals surface area contributed by atoms with Crippen LogP contribution in [0.2, 0.25) is 0 Å². The number of rotatable bonds is 7. The van der Waals surface area contributed by atoms with E-state index in [0.717, 1.165) is 22.7 Å². The summed E-state index contributed by atoms with van der Waals surface area (Å²) in [6, 6.07) is 16.5. The lowest BCUT2D eigenvalue weighted by atomic mass is 10.2. The smallest absolute Gasteiger partial charge is 0.338 e. The van der Waals surface area contributed by atoms with Crippen molar-refractivity contribution in [3.05, 3.63) is 71.2 Å². The largest absolute Gasteiger partial charge is 0.462 e. The number of ether oxygens (including phenoxy) is 1. The lowest BCUT2D eigenvalue weighted by Crippen LogP contribution is -2.14. The molecule has 0 aliphatic carbocycles. The SMILES string of the molecule is CCCOC(=O)c1ccc(NC(=O)Cc2csc(-c3ccccc3)n2)cc1. The van der Waals surface area contributed by atoms with E-state index < -0.39 is 0 Å². The number of hydrogen-bond acceptors (Lipinski definition) is 5. The summed E-state index contributed by atoms with van der Waals surface area (Å²) >= 11 is 1.52. The molecule has 0 spiro atoms. The topological polar surface area (TPSA) is 68.3 Å². The van der Waals surface area contributed by atoms with Crippen LogP contribution in [0.3, 0.4) is 0 Å². The number of esters is 1. The Bertz CT molecular complexity index is 905. The maximum Gasteiger partial charge on any atom is 0.338 e. The van der Waals surface area contributed by atoms with Gasteiger partial charge in [0.1, 0.15) is 5.01 Å². The quantitative estimate of drug-likeness (QED) is 0.610. The Hall–Kier alpha value is -2.99. The van der Waals surface area contributed by atoms with E-state index in [-0.39, 0.29) is 18.3 Å². The van der Waals surface area contributed by atoms with Gasteiger partial charge < -0.3 is 10.1 Å². The van der Waals surface area contributed by atoms with Gasteiger partial charge in [-0.2, -0.15) is 0 Å². The van der Waals surface area contributed by atoms with E-state index in [4.69, 9.17) is 4.74 Å². The summed E-state index contributed by atoms with van der Waals surface area (Å²) in [5, 5.41) is 5.62. The molecule has 1 N–H and O–H groups in total. The van der Waals surface area contributed by atoms with E-state index in [1.54, 1.807) is 24.3 Å². The van der Waals surface area contributed by atoms with E-state index >= 15 is 0 Å². The average molecular weight is 380 g/mol. The van der Waals surface area contributed by atoms with Gasteiger partial charge in [0.25, 0.3) is 0 Å². The first-order chi connectivity index (χ1) is 13.2. The number of nitrogens with zero attached hydrogens (tertiary/aromatic N) is 1. The summed E-state index contributed by atoms with van der Waals surface area (Å²) in [5.74, 6) is -0.508. The van der Waals surface area contributed by atoms with Crippen molar-refractivity contribution >= 4 is 28.9 Å². The van der Waals surface area contributed by atoms with Crippen LogP contribution < -0.4 is 5.32 Å². The lowest BCUT2D eigenvalue weighted by molar-refractivity contribution is -0.115. The summed E-state index contributed by atoms with van der Waals surface area (Å²) in [5.41, 5.74) is 2.87. The Morgan fingerprint density at radius 3 is 2.52 bits per heavy atom. The fraction of sp³-hybridized carbons (Fsp3) is 0.190. The summed E-state index contributed by atoms with van der Waals surface area (Å²) in [6.07, 6.45) is 0.978. The van der Waals surface area contributed by atoms with E-state index in [2.05, 4.69) is 10.3 Å². The van der Waals surface area contributed by atoms with Crippen LogP contribution in [0.1, 0.15) is 29.4 Å². The van der Waals surface area contributed by atoms with Gasteiger partial charge >= 0.3 is 5.97 Å². The number of amides is 1. The molecule has 0 saturated carbocycles. The van der Waals surface area contributed by atoms with Gasteiger partial charge in [0.2, 0.25) is 5.91 Å². The first kappa shape index (κ1) is 18.8. The van der Waals surface area contributed by atoms with E-state index in [9.17, 15) is 9.59 Å². The van der Waals surface area contributed by atoms with Gasteiger partial charge in [-0.3, -0.25) is 4.79 Å². The third kappa shape index (κ3) is 5.24. The Balaban J connectivity index is 1.56. The van der Waals surface area contributed by atoms with Crippen LogP contribution in [0.5, 0.6) is 0 Å². The van der Waals surface area contributed by atoms with Crippen LogP contribution in [0, 0.1) is 0 Å². The van der Waals surface area contributed by atoms with Crippen LogP contribution in [-0.2, 0) is 16.0 Å². The number of carbonyl (C=O) groups excluding carboxylic acids is 2. The van der Waals surface area contributed by atoms with Crippen molar-refractivity contribution in [2.45, 2.75) is 19.8 Å².